The Morgan fingerprint density at radius 1 is 1.58 bits per heavy atom. The number of carboxylic acid groups (broad SMARTS) is 1. The maximum absolute atomic E-state index is 10.8. The van der Waals surface area contributed by atoms with Gasteiger partial charge in [0.25, 0.3) is 5.56 Å². The normalized spacial score (nSPS) is 9.67. The Morgan fingerprint density at radius 3 is 2.75 bits per heavy atom. The summed E-state index contributed by atoms with van der Waals surface area (Å²) in [4.78, 5) is 33.8. The molecule has 6 heteroatoms. The molecule has 0 saturated heterocycles. The van der Waals surface area contributed by atoms with Crippen LogP contribution in [0.3, 0.4) is 0 Å². The summed E-state index contributed by atoms with van der Waals surface area (Å²) in [6.45, 7) is -0.727. The number of H-pyrrole nitrogens is 1. The first-order valence-electron chi connectivity index (χ1n) is 3.09. The standard InChI is InChI=1S/C6H6N2O4/c9-4-1-2-7-6(12)8(4)3-5(10)11/h1-2H,3H2,(H,7,12)(H,10,11)/p-1. The summed E-state index contributed by atoms with van der Waals surface area (Å²) in [7, 11) is 0. The second-order valence-corrected chi connectivity index (χ2v) is 2.08. The fourth-order valence-electron chi connectivity index (χ4n) is 0.731. The molecule has 0 unspecified atom stereocenters. The number of aromatic nitrogens is 2. The van der Waals surface area contributed by atoms with Crippen molar-refractivity contribution in [1.29, 1.82) is 0 Å². The molecule has 0 fully saturated rings. The summed E-state index contributed by atoms with van der Waals surface area (Å²) in [5.74, 6) is -1.48. The highest BCUT2D eigenvalue weighted by molar-refractivity contribution is 5.63. The lowest BCUT2D eigenvalue weighted by Crippen LogP contribution is -2.40. The van der Waals surface area contributed by atoms with Gasteiger partial charge in [-0.25, -0.2) is 4.79 Å². The maximum Gasteiger partial charge on any atom is 0.328 e. The van der Waals surface area contributed by atoms with E-state index in [1.54, 1.807) is 0 Å². The van der Waals surface area contributed by atoms with Gasteiger partial charge in [-0.1, -0.05) is 0 Å². The Balaban J connectivity index is 3.23. The second-order valence-electron chi connectivity index (χ2n) is 2.08. The molecule has 12 heavy (non-hydrogen) atoms. The lowest BCUT2D eigenvalue weighted by molar-refractivity contribution is -0.306. The number of carbonyl (C=O) groups is 1. The summed E-state index contributed by atoms with van der Waals surface area (Å²) >= 11 is 0. The maximum atomic E-state index is 10.8. The summed E-state index contributed by atoms with van der Waals surface area (Å²) in [5.41, 5.74) is -1.42. The molecule has 0 aliphatic carbocycles. The van der Waals surface area contributed by atoms with Gasteiger partial charge in [-0.2, -0.15) is 0 Å². The fraction of sp³-hybridized carbons (Fsp3) is 0.167. The minimum absolute atomic E-state index is 0.537. The molecule has 1 rings (SSSR count). The quantitative estimate of drug-likeness (QED) is 0.520. The van der Waals surface area contributed by atoms with Crippen molar-refractivity contribution in [1.82, 2.24) is 9.55 Å². The van der Waals surface area contributed by atoms with E-state index in [0.29, 0.717) is 4.57 Å². The summed E-state index contributed by atoms with van der Waals surface area (Å²) in [5, 5.41) is 10.0. The van der Waals surface area contributed by atoms with Crippen LogP contribution in [-0.2, 0) is 11.3 Å². The number of nitrogens with zero attached hydrogens (tertiary/aromatic N) is 1. The molecule has 0 aliphatic rings. The van der Waals surface area contributed by atoms with Crippen molar-refractivity contribution in [3.63, 3.8) is 0 Å². The number of rotatable bonds is 2. The van der Waals surface area contributed by atoms with E-state index in [1.165, 1.54) is 0 Å². The molecule has 0 saturated carbocycles. The predicted octanol–water partition coefficient (Wildman–Crippen LogP) is -2.71. The lowest BCUT2D eigenvalue weighted by Gasteiger charge is -2.02. The van der Waals surface area contributed by atoms with Crippen molar-refractivity contribution in [3.8, 4) is 0 Å². The van der Waals surface area contributed by atoms with Gasteiger partial charge in [0.1, 0.15) is 0 Å². The molecule has 0 aliphatic heterocycles. The largest absolute Gasteiger partial charge is 0.548 e. The van der Waals surface area contributed by atoms with Crippen molar-refractivity contribution < 1.29 is 9.90 Å². The molecule has 1 aromatic heterocycles. The fourth-order valence-corrected chi connectivity index (χ4v) is 0.731. The first-order chi connectivity index (χ1) is 5.61. The van der Waals surface area contributed by atoms with E-state index < -0.39 is 23.8 Å². The highest BCUT2D eigenvalue weighted by Gasteiger charge is 1.98. The van der Waals surface area contributed by atoms with Crippen LogP contribution >= 0.6 is 0 Å². The molecule has 1 N–H and O–H groups in total. The molecule has 0 bridgehead atoms. The third kappa shape index (κ3) is 1.60. The van der Waals surface area contributed by atoms with Gasteiger partial charge in [-0.05, 0) is 0 Å². The molecule has 6 nitrogen and oxygen atoms in total. The Labute approximate surface area is 66.1 Å². The molecule has 0 radical (unpaired) electrons. The monoisotopic (exact) mass is 169 g/mol. The van der Waals surface area contributed by atoms with E-state index in [0.717, 1.165) is 12.3 Å². The number of aliphatic carboxylic acids is 1. The van der Waals surface area contributed by atoms with Crippen LogP contribution in [0.2, 0.25) is 0 Å². The van der Waals surface area contributed by atoms with Crippen molar-refractivity contribution in [3.05, 3.63) is 33.1 Å². The molecule has 64 valence electrons. The van der Waals surface area contributed by atoms with Gasteiger partial charge in [0, 0.05) is 12.3 Å². The number of hydrogen-bond acceptors (Lipinski definition) is 4. The summed E-state index contributed by atoms with van der Waals surface area (Å²) < 4.78 is 0.537. The van der Waals surface area contributed by atoms with E-state index >= 15 is 0 Å². The Hall–Kier alpha value is -1.85. The van der Waals surface area contributed by atoms with Gasteiger partial charge in [-0.15, -0.1) is 0 Å². The van der Waals surface area contributed by atoms with E-state index in [9.17, 15) is 19.5 Å². The van der Waals surface area contributed by atoms with E-state index in [2.05, 4.69) is 4.98 Å². The zero-order chi connectivity index (χ0) is 9.14. The zero-order valence-electron chi connectivity index (χ0n) is 5.94. The Morgan fingerprint density at radius 2 is 2.25 bits per heavy atom. The van der Waals surface area contributed by atoms with Crippen molar-refractivity contribution in [2.75, 3.05) is 0 Å². The van der Waals surface area contributed by atoms with Gasteiger partial charge in [0.2, 0.25) is 0 Å². The van der Waals surface area contributed by atoms with Crippen LogP contribution < -0.4 is 16.4 Å². The van der Waals surface area contributed by atoms with Crippen molar-refractivity contribution in [2.45, 2.75) is 6.54 Å². The number of nitrogens with one attached hydrogen (secondary N) is 1. The first-order valence-corrected chi connectivity index (χ1v) is 3.09. The molecular formula is C6H5N2O4-. The molecule has 1 heterocycles. The molecule has 1 aromatic rings. The third-order valence-electron chi connectivity index (χ3n) is 1.23. The molecular weight excluding hydrogens is 164 g/mol. The lowest BCUT2D eigenvalue weighted by atomic mass is 10.6. The van der Waals surface area contributed by atoms with Crippen LogP contribution in [0.5, 0.6) is 0 Å². The molecule has 0 amide bonds. The third-order valence-corrected chi connectivity index (χ3v) is 1.23. The Kier molecular flexibility index (Phi) is 2.09. The number of hydrogen-bond donors (Lipinski definition) is 1. The van der Waals surface area contributed by atoms with Crippen LogP contribution in [0.15, 0.2) is 21.9 Å². The van der Waals surface area contributed by atoms with Crippen LogP contribution in [0, 0.1) is 0 Å². The van der Waals surface area contributed by atoms with E-state index in [4.69, 9.17) is 0 Å². The second kappa shape index (κ2) is 3.04. The van der Waals surface area contributed by atoms with Gasteiger partial charge >= 0.3 is 5.69 Å². The van der Waals surface area contributed by atoms with E-state index in [-0.39, 0.29) is 0 Å². The zero-order valence-corrected chi connectivity index (χ0v) is 5.94. The average molecular weight is 169 g/mol. The highest BCUT2D eigenvalue weighted by Crippen LogP contribution is 1.68. The topological polar surface area (TPSA) is 95.0 Å². The SMILES string of the molecule is O=C([O-])Cn1c(=O)cc[nH]c1=O. The number of carboxylic acids is 1. The van der Waals surface area contributed by atoms with Crippen LogP contribution in [0.25, 0.3) is 0 Å². The smallest absolute Gasteiger partial charge is 0.328 e. The predicted molar refractivity (Wildman–Crippen MR) is 36.3 cm³/mol. The minimum atomic E-state index is -1.48. The Bertz CT molecular complexity index is 374. The van der Waals surface area contributed by atoms with Gasteiger partial charge < -0.3 is 14.9 Å². The average Bonchev–Trinajstić information content (AvgIpc) is 1.97. The molecule has 0 atom stereocenters. The van der Waals surface area contributed by atoms with Gasteiger partial charge in [-0.3, -0.25) is 9.36 Å². The number of carbonyl (C=O) groups excluding carboxylic acids is 1. The van der Waals surface area contributed by atoms with E-state index in [1.807, 2.05) is 0 Å². The molecule has 0 spiro atoms. The van der Waals surface area contributed by atoms with Crippen LogP contribution in [0.4, 0.5) is 0 Å². The van der Waals surface area contributed by atoms with Crippen LogP contribution in [-0.4, -0.2) is 15.5 Å². The summed E-state index contributed by atoms with van der Waals surface area (Å²) in [6.07, 6.45) is 1.15. The summed E-state index contributed by atoms with van der Waals surface area (Å²) in [6, 6.07) is 1.06. The van der Waals surface area contributed by atoms with Gasteiger partial charge in [0.15, 0.2) is 0 Å². The number of aromatic amines is 1. The van der Waals surface area contributed by atoms with Crippen molar-refractivity contribution in [2.24, 2.45) is 0 Å². The highest BCUT2D eigenvalue weighted by atomic mass is 16.4. The van der Waals surface area contributed by atoms with Crippen molar-refractivity contribution >= 4 is 5.97 Å². The van der Waals surface area contributed by atoms with Crippen LogP contribution in [0.1, 0.15) is 0 Å². The van der Waals surface area contributed by atoms with Gasteiger partial charge in [0.05, 0.1) is 12.5 Å². The molecule has 0 aromatic carbocycles. The first kappa shape index (κ1) is 8.25. The minimum Gasteiger partial charge on any atom is -0.548 e.